The zero-order valence-electron chi connectivity index (χ0n) is 11.4. The molecule has 0 aliphatic heterocycles. The fourth-order valence-corrected chi connectivity index (χ4v) is 4.17. The van der Waals surface area contributed by atoms with E-state index in [1.165, 1.54) is 51.4 Å². The van der Waals surface area contributed by atoms with Crippen LogP contribution in [0.1, 0.15) is 72.1 Å². The van der Waals surface area contributed by atoms with Gasteiger partial charge in [-0.1, -0.05) is 40.0 Å². The first-order chi connectivity index (χ1) is 7.45. The van der Waals surface area contributed by atoms with E-state index < -0.39 is 0 Å². The summed E-state index contributed by atoms with van der Waals surface area (Å²) in [7, 11) is 0. The molecule has 0 spiro atoms. The van der Waals surface area contributed by atoms with Crippen LogP contribution in [0, 0.1) is 17.3 Å². The highest BCUT2D eigenvalue weighted by atomic mass is 14.8. The summed E-state index contributed by atoms with van der Waals surface area (Å²) in [5, 5.41) is 0. The second kappa shape index (κ2) is 4.33. The van der Waals surface area contributed by atoms with Gasteiger partial charge < -0.3 is 5.73 Å². The quantitative estimate of drug-likeness (QED) is 0.749. The smallest absolute Gasteiger partial charge is 0.0188 e. The predicted octanol–water partition coefficient (Wildman–Crippen LogP) is 4.11. The van der Waals surface area contributed by atoms with Crippen molar-refractivity contribution in [3.05, 3.63) is 0 Å². The molecule has 1 nitrogen and oxygen atoms in total. The summed E-state index contributed by atoms with van der Waals surface area (Å²) in [6.45, 7) is 7.12. The maximum Gasteiger partial charge on any atom is 0.0188 e. The normalized spacial score (nSPS) is 43.5. The van der Waals surface area contributed by atoms with Gasteiger partial charge in [0.25, 0.3) is 0 Å². The monoisotopic (exact) mass is 223 g/mol. The van der Waals surface area contributed by atoms with Gasteiger partial charge in [0.1, 0.15) is 0 Å². The van der Waals surface area contributed by atoms with Crippen LogP contribution >= 0.6 is 0 Å². The Morgan fingerprint density at radius 2 is 1.94 bits per heavy atom. The molecule has 2 saturated carbocycles. The summed E-state index contributed by atoms with van der Waals surface area (Å²) in [5.74, 6) is 1.77. The minimum absolute atomic E-state index is 0.178. The molecule has 2 fully saturated rings. The molecular formula is C15H29N. The first-order valence-electron chi connectivity index (χ1n) is 7.24. The van der Waals surface area contributed by atoms with Crippen molar-refractivity contribution in [3.63, 3.8) is 0 Å². The molecule has 2 aliphatic rings. The summed E-state index contributed by atoms with van der Waals surface area (Å²) in [5.41, 5.74) is 7.40. The van der Waals surface area contributed by atoms with Crippen LogP contribution in [-0.4, -0.2) is 5.54 Å². The predicted molar refractivity (Wildman–Crippen MR) is 70.3 cm³/mol. The number of rotatable bonds is 2. The van der Waals surface area contributed by atoms with Crippen LogP contribution in [0.3, 0.4) is 0 Å². The van der Waals surface area contributed by atoms with Gasteiger partial charge in [-0.05, 0) is 49.4 Å². The molecule has 0 aromatic rings. The van der Waals surface area contributed by atoms with Crippen molar-refractivity contribution in [2.45, 2.75) is 77.7 Å². The van der Waals surface area contributed by atoms with Gasteiger partial charge in [0, 0.05) is 5.54 Å². The zero-order valence-corrected chi connectivity index (χ0v) is 11.4. The van der Waals surface area contributed by atoms with Gasteiger partial charge in [0.2, 0.25) is 0 Å². The van der Waals surface area contributed by atoms with Crippen molar-refractivity contribution in [2.75, 3.05) is 0 Å². The van der Waals surface area contributed by atoms with E-state index in [-0.39, 0.29) is 5.54 Å². The molecule has 2 aliphatic carbocycles. The first kappa shape index (κ1) is 12.4. The van der Waals surface area contributed by atoms with Crippen molar-refractivity contribution in [1.29, 1.82) is 0 Å². The van der Waals surface area contributed by atoms with E-state index in [4.69, 9.17) is 5.73 Å². The Balaban J connectivity index is 2.01. The van der Waals surface area contributed by atoms with E-state index >= 15 is 0 Å². The molecule has 0 amide bonds. The molecule has 0 saturated heterocycles. The number of hydrogen-bond acceptors (Lipinski definition) is 1. The standard InChI is InChI=1S/C15H29N/c1-4-12-6-5-7-13(10-12)15(16)9-8-14(2,3)11-15/h12-13H,4-11,16H2,1-3H3. The van der Waals surface area contributed by atoms with Crippen LogP contribution in [0.5, 0.6) is 0 Å². The maximum atomic E-state index is 6.73. The lowest BCUT2D eigenvalue weighted by atomic mass is 9.69. The highest BCUT2D eigenvalue weighted by molar-refractivity contribution is 5.02. The minimum atomic E-state index is 0.178. The average molecular weight is 223 g/mol. The van der Waals surface area contributed by atoms with Crippen LogP contribution in [-0.2, 0) is 0 Å². The fourth-order valence-electron chi connectivity index (χ4n) is 4.17. The van der Waals surface area contributed by atoms with Gasteiger partial charge in [-0.3, -0.25) is 0 Å². The Kier molecular flexibility index (Phi) is 3.36. The first-order valence-corrected chi connectivity index (χ1v) is 7.24. The molecule has 0 aromatic carbocycles. The average Bonchev–Trinajstić information content (AvgIpc) is 2.55. The van der Waals surface area contributed by atoms with E-state index in [2.05, 4.69) is 20.8 Å². The molecule has 0 bridgehead atoms. The van der Waals surface area contributed by atoms with E-state index in [1.54, 1.807) is 0 Å². The highest BCUT2D eigenvalue weighted by Crippen LogP contribution is 2.49. The van der Waals surface area contributed by atoms with Gasteiger partial charge in [-0.25, -0.2) is 0 Å². The minimum Gasteiger partial charge on any atom is -0.325 e. The van der Waals surface area contributed by atoms with Gasteiger partial charge in [-0.15, -0.1) is 0 Å². The Morgan fingerprint density at radius 3 is 2.50 bits per heavy atom. The maximum absolute atomic E-state index is 6.73. The van der Waals surface area contributed by atoms with Crippen molar-refractivity contribution in [2.24, 2.45) is 23.0 Å². The molecule has 3 atom stereocenters. The van der Waals surface area contributed by atoms with Crippen LogP contribution in [0.25, 0.3) is 0 Å². The summed E-state index contributed by atoms with van der Waals surface area (Å²) >= 11 is 0. The lowest BCUT2D eigenvalue weighted by Crippen LogP contribution is -2.47. The van der Waals surface area contributed by atoms with Crippen LogP contribution in [0.2, 0.25) is 0 Å². The van der Waals surface area contributed by atoms with Gasteiger partial charge >= 0.3 is 0 Å². The van der Waals surface area contributed by atoms with Gasteiger partial charge in [0.15, 0.2) is 0 Å². The van der Waals surface area contributed by atoms with Crippen LogP contribution < -0.4 is 5.73 Å². The van der Waals surface area contributed by atoms with Crippen LogP contribution in [0.4, 0.5) is 0 Å². The van der Waals surface area contributed by atoms with Crippen molar-refractivity contribution in [1.82, 2.24) is 0 Å². The third-order valence-electron chi connectivity index (χ3n) is 5.25. The molecule has 94 valence electrons. The Hall–Kier alpha value is -0.0400. The second-order valence-electron chi connectivity index (χ2n) is 7.21. The van der Waals surface area contributed by atoms with Crippen molar-refractivity contribution >= 4 is 0 Å². The van der Waals surface area contributed by atoms with E-state index in [0.717, 1.165) is 11.8 Å². The third-order valence-corrected chi connectivity index (χ3v) is 5.25. The molecule has 3 unspecified atom stereocenters. The number of nitrogens with two attached hydrogens (primary N) is 1. The summed E-state index contributed by atoms with van der Waals surface area (Å²) < 4.78 is 0. The summed E-state index contributed by atoms with van der Waals surface area (Å²) in [6.07, 6.45) is 10.9. The lowest BCUT2D eigenvalue weighted by Gasteiger charge is -2.40. The Morgan fingerprint density at radius 1 is 1.19 bits per heavy atom. The third kappa shape index (κ3) is 2.45. The second-order valence-corrected chi connectivity index (χ2v) is 7.21. The van der Waals surface area contributed by atoms with Gasteiger partial charge in [0.05, 0.1) is 0 Å². The molecule has 0 heterocycles. The van der Waals surface area contributed by atoms with Crippen molar-refractivity contribution in [3.8, 4) is 0 Å². The lowest BCUT2D eigenvalue weighted by molar-refractivity contribution is 0.154. The molecule has 0 aromatic heterocycles. The number of hydrogen-bond donors (Lipinski definition) is 1. The van der Waals surface area contributed by atoms with E-state index in [9.17, 15) is 0 Å². The fraction of sp³-hybridized carbons (Fsp3) is 1.00. The van der Waals surface area contributed by atoms with Crippen LogP contribution in [0.15, 0.2) is 0 Å². The topological polar surface area (TPSA) is 26.0 Å². The Bertz CT molecular complexity index is 246. The zero-order chi connectivity index (χ0) is 11.8. The summed E-state index contributed by atoms with van der Waals surface area (Å²) in [6, 6.07) is 0. The molecule has 2 N–H and O–H groups in total. The molecule has 1 heteroatoms. The molecular weight excluding hydrogens is 194 g/mol. The van der Waals surface area contributed by atoms with E-state index in [1.807, 2.05) is 0 Å². The Labute approximate surface area is 101 Å². The van der Waals surface area contributed by atoms with Gasteiger partial charge in [-0.2, -0.15) is 0 Å². The van der Waals surface area contributed by atoms with E-state index in [0.29, 0.717) is 5.41 Å². The molecule has 2 rings (SSSR count). The summed E-state index contributed by atoms with van der Waals surface area (Å²) in [4.78, 5) is 0. The largest absolute Gasteiger partial charge is 0.325 e. The highest BCUT2D eigenvalue weighted by Gasteiger charge is 2.46. The molecule has 0 radical (unpaired) electrons. The molecule has 16 heavy (non-hydrogen) atoms. The SMILES string of the molecule is CCC1CCCC(C2(N)CCC(C)(C)C2)C1. The van der Waals surface area contributed by atoms with Crippen molar-refractivity contribution < 1.29 is 0 Å².